The molecule has 0 unspecified atom stereocenters. The predicted molar refractivity (Wildman–Crippen MR) is 73.7 cm³/mol. The zero-order valence-corrected chi connectivity index (χ0v) is 13.3. The van der Waals surface area contributed by atoms with Crippen LogP contribution in [0.15, 0.2) is 0 Å². The summed E-state index contributed by atoms with van der Waals surface area (Å²) in [6, 6.07) is 0. The van der Waals surface area contributed by atoms with Gasteiger partial charge in [0.2, 0.25) is 0 Å². The Morgan fingerprint density at radius 3 is 1.28 bits per heavy atom. The molecule has 0 aliphatic heterocycles. The Bertz CT molecular complexity index is 247. The average Bonchev–Trinajstić information content (AvgIpc) is 2.30. The van der Waals surface area contributed by atoms with Gasteiger partial charge in [0.15, 0.2) is 0 Å². The maximum atomic E-state index is 9.95. The Kier molecular flexibility index (Phi) is 15.1. The van der Waals surface area contributed by atoms with Gasteiger partial charge >= 0.3 is 0 Å². The summed E-state index contributed by atoms with van der Waals surface area (Å²) in [5.74, 6) is -0.108. The molecule has 0 aliphatic rings. The van der Waals surface area contributed by atoms with Gasteiger partial charge < -0.3 is 9.19 Å². The van der Waals surface area contributed by atoms with Crippen LogP contribution in [0.4, 0.5) is 0 Å². The second-order valence-corrected chi connectivity index (χ2v) is 5.82. The van der Waals surface area contributed by atoms with Gasteiger partial charge in [-0.2, -0.15) is 8.42 Å². The van der Waals surface area contributed by atoms with Crippen LogP contribution in [-0.4, -0.2) is 49.4 Å². The zero-order valence-electron chi connectivity index (χ0n) is 12.4. The van der Waals surface area contributed by atoms with E-state index in [1.54, 1.807) is 0 Å². The lowest BCUT2D eigenvalue weighted by Crippen LogP contribution is -3.00. The lowest BCUT2D eigenvalue weighted by atomic mass is 10.3. The molecule has 4 nitrogen and oxygen atoms in total. The summed E-state index contributed by atoms with van der Waals surface area (Å²) < 4.78 is 29.3. The monoisotopic (exact) mass is 287 g/mol. The highest BCUT2D eigenvalue weighted by atomic mass is 32.2. The molecule has 0 heterocycles. The summed E-state index contributed by atoms with van der Waals surface area (Å²) in [4.78, 5) is 0. The Morgan fingerprint density at radius 1 is 0.889 bits per heavy atom. The molecule has 6 heteroatoms. The van der Waals surface area contributed by atoms with E-state index >= 15 is 0 Å². The second-order valence-electron chi connectivity index (χ2n) is 4.25. The maximum absolute atomic E-state index is 9.95. The smallest absolute Gasteiger partial charge is 0.264 e. The summed E-state index contributed by atoms with van der Waals surface area (Å²) in [6.07, 6.45) is 1.33. The van der Waals surface area contributed by atoms with Crippen molar-refractivity contribution < 1.29 is 22.2 Å². The fraction of sp³-hybridized carbons (Fsp3) is 1.00. The van der Waals surface area contributed by atoms with Crippen LogP contribution >= 0.6 is 0 Å². The van der Waals surface area contributed by atoms with Crippen LogP contribution in [0.25, 0.3) is 0 Å². The van der Waals surface area contributed by atoms with Gasteiger partial charge in [0.25, 0.3) is 10.1 Å². The summed E-state index contributed by atoms with van der Waals surface area (Å²) >= 11 is 0. The van der Waals surface area contributed by atoms with Crippen molar-refractivity contribution in [3.05, 3.63) is 0 Å². The molecule has 1 N–H and O–H groups in total. The number of rotatable bonds is 7. The van der Waals surface area contributed by atoms with E-state index in [1.807, 2.05) is 6.92 Å². The Hall–Kier alpha value is -0.200. The summed E-state index contributed by atoms with van der Waals surface area (Å²) in [6.45, 7) is 16.1. The van der Waals surface area contributed by atoms with E-state index in [9.17, 15) is 8.42 Å². The quantitative estimate of drug-likeness (QED) is 0.510. The van der Waals surface area contributed by atoms with E-state index in [0.29, 0.717) is 6.42 Å². The van der Waals surface area contributed by atoms with Gasteiger partial charge in [0.1, 0.15) is 0 Å². The minimum atomic E-state index is -3.69. The van der Waals surface area contributed by atoms with Crippen LogP contribution in [0, 0.1) is 0 Å². The van der Waals surface area contributed by atoms with Crippen molar-refractivity contribution in [2.45, 2.75) is 47.5 Å². The van der Waals surface area contributed by atoms with Crippen molar-refractivity contribution in [3.63, 3.8) is 0 Å². The molecule has 0 aromatic rings. The summed E-state index contributed by atoms with van der Waals surface area (Å²) in [5.41, 5.74) is 0. The first-order valence-electron chi connectivity index (χ1n) is 6.61. The molecule has 0 bridgehead atoms. The van der Waals surface area contributed by atoms with Gasteiger partial charge in [-0.3, -0.25) is 4.55 Å². The Morgan fingerprint density at radius 2 is 1.22 bits per heavy atom. The van der Waals surface area contributed by atoms with Crippen molar-refractivity contribution in [1.82, 2.24) is 0 Å². The topological polar surface area (TPSA) is 54.4 Å². The van der Waals surface area contributed by atoms with Gasteiger partial charge in [0, 0.05) is 0 Å². The van der Waals surface area contributed by atoms with Crippen molar-refractivity contribution in [3.8, 4) is 0 Å². The van der Waals surface area contributed by atoms with E-state index < -0.39 is 10.1 Å². The van der Waals surface area contributed by atoms with E-state index in [4.69, 9.17) is 4.55 Å². The standard InChI is InChI=1S/C8H20N.C4H10O3S.FH/c1-5-9(6-2,7-3)8-4;1-2-3-4-8(5,6)7;/h5-8H2,1-4H3;2-4H2,1H3,(H,5,6,7);1H/q+1;;/p-1. The lowest BCUT2D eigenvalue weighted by molar-refractivity contribution is -0.921. The van der Waals surface area contributed by atoms with Crippen molar-refractivity contribution in [2.24, 2.45) is 0 Å². The number of unbranched alkanes of at least 4 members (excludes halogenated alkanes) is 1. The molecule has 0 radical (unpaired) electrons. The third-order valence-corrected chi connectivity index (χ3v) is 4.24. The van der Waals surface area contributed by atoms with E-state index in [2.05, 4.69) is 27.7 Å². The molecule has 18 heavy (non-hydrogen) atoms. The second kappa shape index (κ2) is 11.9. The number of hydrogen-bond acceptors (Lipinski definition) is 2. The van der Waals surface area contributed by atoms with Crippen molar-refractivity contribution >= 4 is 10.1 Å². The molecule has 0 fully saturated rings. The minimum absolute atomic E-state index is 0. The van der Waals surface area contributed by atoms with Crippen LogP contribution in [0.2, 0.25) is 0 Å². The number of quaternary nitrogens is 1. The van der Waals surface area contributed by atoms with Crippen LogP contribution in [-0.2, 0) is 10.1 Å². The average molecular weight is 287 g/mol. The third-order valence-electron chi connectivity index (χ3n) is 3.44. The maximum Gasteiger partial charge on any atom is 0.264 e. The van der Waals surface area contributed by atoms with Crippen LogP contribution < -0.4 is 4.70 Å². The molecule has 0 aliphatic carbocycles. The van der Waals surface area contributed by atoms with Gasteiger partial charge in [0.05, 0.1) is 31.9 Å². The summed E-state index contributed by atoms with van der Waals surface area (Å²) in [7, 11) is -3.69. The fourth-order valence-corrected chi connectivity index (χ4v) is 2.32. The molecule has 114 valence electrons. The molecule has 0 amide bonds. The predicted octanol–water partition coefficient (Wildman–Crippen LogP) is -0.439. The van der Waals surface area contributed by atoms with E-state index in [1.165, 1.54) is 30.7 Å². The zero-order chi connectivity index (χ0) is 13.9. The highest BCUT2D eigenvalue weighted by molar-refractivity contribution is 7.85. The highest BCUT2D eigenvalue weighted by Gasteiger charge is 2.16. The SMILES string of the molecule is CCCCS(=O)(=O)O.CC[N+](CC)(CC)CC.[F-]. The first-order valence-corrected chi connectivity index (χ1v) is 8.21. The van der Waals surface area contributed by atoms with E-state index in [-0.39, 0.29) is 10.5 Å². The largest absolute Gasteiger partial charge is 1.00 e. The first-order chi connectivity index (χ1) is 7.80. The Balaban J connectivity index is -0.000000238. The molecule has 0 saturated carbocycles. The summed E-state index contributed by atoms with van der Waals surface area (Å²) in [5, 5.41) is 0. The molecule has 0 aromatic heterocycles. The van der Waals surface area contributed by atoms with Gasteiger partial charge in [-0.25, -0.2) is 0 Å². The molecule has 0 saturated heterocycles. The van der Waals surface area contributed by atoms with Crippen molar-refractivity contribution in [2.75, 3.05) is 31.9 Å². The minimum Gasteiger partial charge on any atom is -1.00 e. The van der Waals surface area contributed by atoms with Gasteiger partial charge in [-0.1, -0.05) is 13.3 Å². The van der Waals surface area contributed by atoms with E-state index in [0.717, 1.165) is 6.42 Å². The Labute approximate surface area is 112 Å². The highest BCUT2D eigenvalue weighted by Crippen LogP contribution is 2.03. The van der Waals surface area contributed by atoms with Crippen LogP contribution in [0.5, 0.6) is 0 Å². The van der Waals surface area contributed by atoms with Crippen LogP contribution in [0.1, 0.15) is 47.5 Å². The third kappa shape index (κ3) is 12.3. The molecule has 0 spiro atoms. The molecular formula is C12H30FNO3S. The normalized spacial score (nSPS) is 11.2. The van der Waals surface area contributed by atoms with Crippen molar-refractivity contribution in [1.29, 1.82) is 0 Å². The molecular weight excluding hydrogens is 257 g/mol. The number of nitrogens with zero attached hydrogens (tertiary/aromatic N) is 1. The van der Waals surface area contributed by atoms with Gasteiger partial charge in [-0.15, -0.1) is 0 Å². The number of hydrogen-bond donors (Lipinski definition) is 1. The molecule has 0 rings (SSSR count). The number of halogens is 1. The fourth-order valence-electron chi connectivity index (χ4n) is 1.67. The lowest BCUT2D eigenvalue weighted by Gasteiger charge is -2.34. The van der Waals surface area contributed by atoms with Gasteiger partial charge in [-0.05, 0) is 34.1 Å². The molecule has 0 aromatic carbocycles. The van der Waals surface area contributed by atoms with Crippen LogP contribution in [0.3, 0.4) is 0 Å². The molecule has 0 atom stereocenters. The first kappa shape index (κ1) is 22.9.